The topological polar surface area (TPSA) is 108 Å². The lowest BCUT2D eigenvalue weighted by Gasteiger charge is -2.07. The third kappa shape index (κ3) is 2.06. The molecule has 0 saturated heterocycles. The van der Waals surface area contributed by atoms with Crippen molar-refractivity contribution in [2.24, 2.45) is 0 Å². The van der Waals surface area contributed by atoms with E-state index in [2.05, 4.69) is 4.98 Å². The SMILES string of the molecule is Nc1cc(C(F)(F)F)nc(N)c1[N+](=O)[O-]. The van der Waals surface area contributed by atoms with E-state index in [0.29, 0.717) is 6.07 Å². The first-order chi connectivity index (χ1) is 6.73. The van der Waals surface area contributed by atoms with Gasteiger partial charge < -0.3 is 11.5 Å². The van der Waals surface area contributed by atoms with Crippen LogP contribution < -0.4 is 11.5 Å². The molecule has 0 aliphatic heterocycles. The van der Waals surface area contributed by atoms with E-state index in [1.807, 2.05) is 0 Å². The highest BCUT2D eigenvalue weighted by molar-refractivity contribution is 5.69. The van der Waals surface area contributed by atoms with Crippen molar-refractivity contribution >= 4 is 17.2 Å². The molecule has 0 atom stereocenters. The molecule has 9 heteroatoms. The van der Waals surface area contributed by atoms with E-state index in [-0.39, 0.29) is 0 Å². The second kappa shape index (κ2) is 3.26. The number of hydrogen-bond donors (Lipinski definition) is 2. The molecule has 0 spiro atoms. The zero-order valence-corrected chi connectivity index (χ0v) is 7.08. The predicted molar refractivity (Wildman–Crippen MR) is 44.7 cm³/mol. The number of nitrogens with two attached hydrogens (primary N) is 2. The third-order valence-corrected chi connectivity index (χ3v) is 1.52. The largest absolute Gasteiger partial charge is 0.433 e. The van der Waals surface area contributed by atoms with E-state index in [1.165, 1.54) is 0 Å². The average Bonchev–Trinajstić information content (AvgIpc) is 1.99. The molecule has 0 aliphatic rings. The van der Waals surface area contributed by atoms with E-state index >= 15 is 0 Å². The van der Waals surface area contributed by atoms with E-state index < -0.39 is 34.0 Å². The second-order valence-electron chi connectivity index (χ2n) is 2.59. The fourth-order valence-electron chi connectivity index (χ4n) is 0.923. The summed E-state index contributed by atoms with van der Waals surface area (Å²) in [5.74, 6) is -0.854. The number of hydrogen-bond acceptors (Lipinski definition) is 5. The van der Waals surface area contributed by atoms with Crippen molar-refractivity contribution in [2.45, 2.75) is 6.18 Å². The number of nitro groups is 1. The van der Waals surface area contributed by atoms with Gasteiger partial charge >= 0.3 is 11.9 Å². The molecular weight excluding hydrogens is 217 g/mol. The van der Waals surface area contributed by atoms with Gasteiger partial charge in [0.15, 0.2) is 0 Å². The Morgan fingerprint density at radius 3 is 2.27 bits per heavy atom. The number of aromatic nitrogens is 1. The molecule has 15 heavy (non-hydrogen) atoms. The van der Waals surface area contributed by atoms with Crippen molar-refractivity contribution in [2.75, 3.05) is 11.5 Å². The van der Waals surface area contributed by atoms with Gasteiger partial charge in [-0.1, -0.05) is 0 Å². The van der Waals surface area contributed by atoms with Crippen LogP contribution in [0, 0.1) is 10.1 Å². The molecule has 0 bridgehead atoms. The lowest BCUT2D eigenvalue weighted by Crippen LogP contribution is -2.12. The Morgan fingerprint density at radius 2 is 1.93 bits per heavy atom. The summed E-state index contributed by atoms with van der Waals surface area (Å²) in [4.78, 5) is 12.2. The van der Waals surface area contributed by atoms with Crippen molar-refractivity contribution in [3.05, 3.63) is 21.9 Å². The van der Waals surface area contributed by atoms with Crippen LogP contribution in [0.25, 0.3) is 0 Å². The molecule has 1 heterocycles. The van der Waals surface area contributed by atoms with Crippen molar-refractivity contribution in [1.29, 1.82) is 0 Å². The monoisotopic (exact) mass is 222 g/mol. The molecule has 0 radical (unpaired) electrons. The van der Waals surface area contributed by atoms with Gasteiger partial charge in [0.05, 0.1) is 4.92 Å². The Morgan fingerprint density at radius 1 is 1.40 bits per heavy atom. The van der Waals surface area contributed by atoms with Gasteiger partial charge in [-0.15, -0.1) is 0 Å². The quantitative estimate of drug-likeness (QED) is 0.547. The van der Waals surface area contributed by atoms with E-state index in [9.17, 15) is 23.3 Å². The van der Waals surface area contributed by atoms with Crippen LogP contribution >= 0.6 is 0 Å². The van der Waals surface area contributed by atoms with Gasteiger partial charge in [-0.3, -0.25) is 10.1 Å². The third-order valence-electron chi connectivity index (χ3n) is 1.52. The van der Waals surface area contributed by atoms with Gasteiger partial charge in [0.2, 0.25) is 5.82 Å². The average molecular weight is 222 g/mol. The normalized spacial score (nSPS) is 11.4. The molecular formula is C6H5F3N4O2. The number of anilines is 2. The van der Waals surface area contributed by atoms with E-state index in [1.54, 1.807) is 0 Å². The Hall–Kier alpha value is -2.06. The maximum atomic E-state index is 12.1. The Balaban J connectivity index is 3.39. The molecule has 82 valence electrons. The molecule has 0 aromatic carbocycles. The summed E-state index contributed by atoms with van der Waals surface area (Å²) < 4.78 is 36.4. The van der Waals surface area contributed by atoms with Gasteiger partial charge in [0.25, 0.3) is 0 Å². The Labute approximate surface area is 80.8 Å². The van der Waals surface area contributed by atoms with Crippen LogP contribution in [0.2, 0.25) is 0 Å². The molecule has 0 fully saturated rings. The Kier molecular flexibility index (Phi) is 2.39. The molecule has 4 N–H and O–H groups in total. The highest BCUT2D eigenvalue weighted by Gasteiger charge is 2.35. The number of pyridine rings is 1. The van der Waals surface area contributed by atoms with Crippen molar-refractivity contribution < 1.29 is 18.1 Å². The maximum Gasteiger partial charge on any atom is 0.433 e. The van der Waals surface area contributed by atoms with Gasteiger partial charge in [-0.05, 0) is 6.07 Å². The number of nitrogens with zero attached hydrogens (tertiary/aromatic N) is 2. The summed E-state index contributed by atoms with van der Waals surface area (Å²) in [7, 11) is 0. The van der Waals surface area contributed by atoms with Crippen molar-refractivity contribution in [3.8, 4) is 0 Å². The van der Waals surface area contributed by atoms with Gasteiger partial charge in [0.1, 0.15) is 11.4 Å². The van der Waals surface area contributed by atoms with Crippen LogP contribution in [-0.4, -0.2) is 9.91 Å². The van der Waals surface area contributed by atoms with Crippen LogP contribution in [0.15, 0.2) is 6.07 Å². The summed E-state index contributed by atoms with van der Waals surface area (Å²) >= 11 is 0. The van der Waals surface area contributed by atoms with Crippen LogP contribution in [0.4, 0.5) is 30.4 Å². The zero-order valence-electron chi connectivity index (χ0n) is 7.08. The molecule has 0 aliphatic carbocycles. The molecule has 6 nitrogen and oxygen atoms in total. The van der Waals surface area contributed by atoms with Gasteiger partial charge in [0, 0.05) is 0 Å². The first-order valence-electron chi connectivity index (χ1n) is 3.51. The minimum atomic E-state index is -4.74. The van der Waals surface area contributed by atoms with Crippen molar-refractivity contribution in [1.82, 2.24) is 4.98 Å². The smallest absolute Gasteiger partial charge is 0.393 e. The minimum Gasteiger partial charge on any atom is -0.393 e. The zero-order chi connectivity index (χ0) is 11.8. The number of nitrogen functional groups attached to an aromatic ring is 2. The highest BCUT2D eigenvalue weighted by Crippen LogP contribution is 2.34. The van der Waals surface area contributed by atoms with E-state index in [0.717, 1.165) is 0 Å². The number of alkyl halides is 3. The molecule has 0 amide bonds. The predicted octanol–water partition coefficient (Wildman–Crippen LogP) is 1.17. The van der Waals surface area contributed by atoms with Crippen LogP contribution in [0.1, 0.15) is 5.69 Å². The van der Waals surface area contributed by atoms with Gasteiger partial charge in [-0.25, -0.2) is 4.98 Å². The lowest BCUT2D eigenvalue weighted by atomic mass is 10.2. The molecule has 0 saturated carbocycles. The fourth-order valence-corrected chi connectivity index (χ4v) is 0.923. The molecule has 1 aromatic heterocycles. The standard InChI is InChI=1S/C6H5F3N4O2/c7-6(8,9)3-1-2(10)4(13(14)15)5(11)12-3/h1H,(H4,10,11,12). The maximum absolute atomic E-state index is 12.1. The minimum absolute atomic E-state index is 0.370. The molecule has 0 unspecified atom stereocenters. The van der Waals surface area contributed by atoms with Crippen molar-refractivity contribution in [3.63, 3.8) is 0 Å². The summed E-state index contributed by atoms with van der Waals surface area (Å²) in [6.45, 7) is 0. The first-order valence-corrected chi connectivity index (χ1v) is 3.51. The molecule has 1 rings (SSSR count). The number of halogens is 3. The molecule has 1 aromatic rings. The summed E-state index contributed by atoms with van der Waals surface area (Å²) in [6, 6.07) is 0.370. The first kappa shape index (κ1) is 11.0. The second-order valence-corrected chi connectivity index (χ2v) is 2.59. The summed E-state index contributed by atoms with van der Waals surface area (Å²) in [5, 5.41) is 10.3. The van der Waals surface area contributed by atoms with Crippen LogP contribution in [-0.2, 0) is 6.18 Å². The lowest BCUT2D eigenvalue weighted by molar-refractivity contribution is -0.383. The fraction of sp³-hybridized carbons (Fsp3) is 0.167. The Bertz CT molecular complexity index is 394. The van der Waals surface area contributed by atoms with E-state index in [4.69, 9.17) is 11.5 Å². The van der Waals surface area contributed by atoms with Crippen LogP contribution in [0.5, 0.6) is 0 Å². The van der Waals surface area contributed by atoms with Gasteiger partial charge in [-0.2, -0.15) is 13.2 Å². The summed E-state index contributed by atoms with van der Waals surface area (Å²) in [6.07, 6.45) is -4.74. The summed E-state index contributed by atoms with van der Waals surface area (Å²) in [5.41, 5.74) is 7.20. The van der Waals surface area contributed by atoms with Crippen LogP contribution in [0.3, 0.4) is 0 Å². The number of rotatable bonds is 1. The highest BCUT2D eigenvalue weighted by atomic mass is 19.4.